The second-order valence-corrected chi connectivity index (χ2v) is 9.91. The molecule has 7 atom stereocenters. The molecule has 4 aliphatic carbocycles. The van der Waals surface area contributed by atoms with Crippen LogP contribution < -0.4 is 5.32 Å². The molecule has 1 aliphatic heterocycles. The number of imide groups is 1. The van der Waals surface area contributed by atoms with E-state index in [-0.39, 0.29) is 41.4 Å². The standard InChI is InChI=1S/C28H28N2O3/c1-2-17-10-6-7-11-22(17)29-26(31)23(14-16-8-4-3-5-9-16)30-27(32)24-18-12-13-19(21-15-20(18)21)25(24)28(30)33/h3-13,18-21,23-25H,2,14-15H2,1H3,(H,29,31)/t18-,19-,20-,21+,23-,24+,25+/m0/s1. The molecule has 2 saturated carbocycles. The Kier molecular flexibility index (Phi) is 4.75. The molecular formula is C28H28N2O3. The second-order valence-electron chi connectivity index (χ2n) is 9.91. The van der Waals surface area contributed by atoms with Crippen LogP contribution in [-0.4, -0.2) is 28.7 Å². The first-order chi connectivity index (χ1) is 16.1. The number of anilines is 1. The van der Waals surface area contributed by atoms with Gasteiger partial charge in [-0.1, -0.05) is 67.6 Å². The van der Waals surface area contributed by atoms with Crippen LogP contribution in [-0.2, 0) is 27.2 Å². The lowest BCUT2D eigenvalue weighted by atomic mass is 9.63. The summed E-state index contributed by atoms with van der Waals surface area (Å²) in [5, 5.41) is 3.04. The van der Waals surface area contributed by atoms with E-state index in [9.17, 15) is 14.4 Å². The van der Waals surface area contributed by atoms with E-state index in [4.69, 9.17) is 0 Å². The van der Waals surface area contributed by atoms with E-state index in [2.05, 4.69) is 17.5 Å². The van der Waals surface area contributed by atoms with Crippen LogP contribution in [0.5, 0.6) is 0 Å². The largest absolute Gasteiger partial charge is 0.324 e. The number of aryl methyl sites for hydroxylation is 1. The van der Waals surface area contributed by atoms with Gasteiger partial charge in [0.25, 0.3) is 0 Å². The van der Waals surface area contributed by atoms with E-state index in [0.29, 0.717) is 18.3 Å². The van der Waals surface area contributed by atoms with Crippen molar-refractivity contribution < 1.29 is 14.4 Å². The average molecular weight is 441 g/mol. The summed E-state index contributed by atoms with van der Waals surface area (Å²) in [5.41, 5.74) is 2.70. The molecular weight excluding hydrogens is 412 g/mol. The summed E-state index contributed by atoms with van der Waals surface area (Å²) in [6.07, 6.45) is 6.55. The van der Waals surface area contributed by atoms with Crippen LogP contribution in [0.25, 0.3) is 0 Å². The van der Waals surface area contributed by atoms with Crippen LogP contribution in [0.1, 0.15) is 24.5 Å². The fraction of sp³-hybridized carbons (Fsp3) is 0.393. The van der Waals surface area contributed by atoms with Gasteiger partial charge in [-0.25, -0.2) is 0 Å². The van der Waals surface area contributed by atoms with Gasteiger partial charge in [0.15, 0.2) is 0 Å². The Morgan fingerprint density at radius 3 is 2.18 bits per heavy atom. The van der Waals surface area contributed by atoms with Gasteiger partial charge in [0.05, 0.1) is 11.8 Å². The van der Waals surface area contributed by atoms with E-state index < -0.39 is 6.04 Å². The fourth-order valence-electron chi connectivity index (χ4n) is 6.59. The first kappa shape index (κ1) is 20.4. The van der Waals surface area contributed by atoms with Gasteiger partial charge in [-0.05, 0) is 53.7 Å². The minimum Gasteiger partial charge on any atom is -0.324 e. The minimum absolute atomic E-state index is 0.146. The van der Waals surface area contributed by atoms with E-state index in [1.165, 1.54) is 4.90 Å². The van der Waals surface area contributed by atoms with Gasteiger partial charge >= 0.3 is 0 Å². The highest BCUT2D eigenvalue weighted by Crippen LogP contribution is 2.65. The predicted molar refractivity (Wildman–Crippen MR) is 125 cm³/mol. The van der Waals surface area contributed by atoms with Crippen molar-refractivity contribution in [2.24, 2.45) is 35.5 Å². The molecule has 33 heavy (non-hydrogen) atoms. The van der Waals surface area contributed by atoms with Gasteiger partial charge in [-0.2, -0.15) is 0 Å². The quantitative estimate of drug-likeness (QED) is 0.548. The molecule has 5 nitrogen and oxygen atoms in total. The molecule has 0 unspecified atom stereocenters. The van der Waals surface area contributed by atoms with Crippen LogP contribution in [0.15, 0.2) is 66.7 Å². The molecule has 0 aromatic heterocycles. The summed E-state index contributed by atoms with van der Waals surface area (Å²) in [4.78, 5) is 42.4. The van der Waals surface area contributed by atoms with Crippen LogP contribution in [0.2, 0.25) is 0 Å². The number of hydrogen-bond acceptors (Lipinski definition) is 3. The highest BCUT2D eigenvalue weighted by atomic mass is 16.2. The second kappa shape index (κ2) is 7.68. The molecule has 3 fully saturated rings. The topological polar surface area (TPSA) is 66.5 Å². The highest BCUT2D eigenvalue weighted by Gasteiger charge is 2.67. The molecule has 1 saturated heterocycles. The molecule has 5 heteroatoms. The molecule has 0 spiro atoms. The maximum Gasteiger partial charge on any atom is 0.248 e. The third kappa shape index (κ3) is 3.17. The smallest absolute Gasteiger partial charge is 0.248 e. The average Bonchev–Trinajstić information content (AvgIpc) is 3.62. The van der Waals surface area contributed by atoms with Crippen LogP contribution in [0.4, 0.5) is 5.69 Å². The maximum atomic E-state index is 13.7. The third-order valence-corrected chi connectivity index (χ3v) is 8.24. The number of carbonyl (C=O) groups is 3. The Hall–Kier alpha value is -3.21. The molecule has 1 N–H and O–H groups in total. The monoisotopic (exact) mass is 440 g/mol. The third-order valence-electron chi connectivity index (χ3n) is 8.24. The van der Waals surface area contributed by atoms with Crippen molar-refractivity contribution in [1.29, 1.82) is 0 Å². The van der Waals surface area contributed by atoms with Crippen LogP contribution in [0, 0.1) is 35.5 Å². The van der Waals surface area contributed by atoms with Gasteiger partial charge in [-0.15, -0.1) is 0 Å². The summed E-state index contributed by atoms with van der Waals surface area (Å²) in [6, 6.07) is 16.5. The molecule has 2 bridgehead atoms. The lowest BCUT2D eigenvalue weighted by molar-refractivity contribution is -0.146. The number of benzene rings is 2. The van der Waals surface area contributed by atoms with Crippen molar-refractivity contribution in [2.75, 3.05) is 5.32 Å². The molecule has 2 aromatic rings. The van der Waals surface area contributed by atoms with E-state index in [1.807, 2.05) is 61.5 Å². The summed E-state index contributed by atoms with van der Waals surface area (Å²) in [5.74, 6) is 0.150. The van der Waals surface area contributed by atoms with Gasteiger partial charge in [0.2, 0.25) is 17.7 Å². The molecule has 5 aliphatic rings. The first-order valence-electron chi connectivity index (χ1n) is 12.1. The minimum atomic E-state index is -0.862. The number of rotatable bonds is 6. The number of para-hydroxylation sites is 1. The first-order valence-corrected chi connectivity index (χ1v) is 12.1. The van der Waals surface area contributed by atoms with Crippen molar-refractivity contribution >= 4 is 23.4 Å². The van der Waals surface area contributed by atoms with Crippen molar-refractivity contribution in [3.8, 4) is 0 Å². The van der Waals surface area contributed by atoms with Crippen molar-refractivity contribution in [3.05, 3.63) is 77.9 Å². The number of amides is 3. The molecule has 3 amide bonds. The van der Waals surface area contributed by atoms with E-state index >= 15 is 0 Å². The summed E-state index contributed by atoms with van der Waals surface area (Å²) in [7, 11) is 0. The Morgan fingerprint density at radius 1 is 0.939 bits per heavy atom. The maximum absolute atomic E-state index is 13.7. The highest BCUT2D eigenvalue weighted by molar-refractivity contribution is 6.10. The predicted octanol–water partition coefficient (Wildman–Crippen LogP) is 3.85. The Balaban J connectivity index is 1.34. The number of nitrogens with zero attached hydrogens (tertiary/aromatic N) is 1. The molecule has 0 radical (unpaired) electrons. The lowest BCUT2D eigenvalue weighted by Crippen LogP contribution is -2.49. The zero-order chi connectivity index (χ0) is 22.7. The summed E-state index contributed by atoms with van der Waals surface area (Å²) >= 11 is 0. The van der Waals surface area contributed by atoms with Gasteiger partial charge in [0.1, 0.15) is 6.04 Å². The lowest BCUT2D eigenvalue weighted by Gasteiger charge is -2.37. The van der Waals surface area contributed by atoms with Crippen LogP contribution in [0.3, 0.4) is 0 Å². The Bertz CT molecular complexity index is 1120. The molecule has 168 valence electrons. The Morgan fingerprint density at radius 2 is 1.55 bits per heavy atom. The number of likely N-dealkylation sites (tertiary alicyclic amines) is 1. The molecule has 7 rings (SSSR count). The zero-order valence-electron chi connectivity index (χ0n) is 18.7. The van der Waals surface area contributed by atoms with E-state index in [0.717, 1.165) is 29.7 Å². The van der Waals surface area contributed by atoms with Crippen molar-refractivity contribution in [1.82, 2.24) is 4.90 Å². The van der Waals surface area contributed by atoms with E-state index in [1.54, 1.807) is 0 Å². The van der Waals surface area contributed by atoms with Crippen molar-refractivity contribution in [2.45, 2.75) is 32.2 Å². The SMILES string of the molecule is CCc1ccccc1NC(=O)[C@H](Cc1ccccc1)N1C(=O)[C@@H]2[C@H]3C=C[C@@H]([C@@H]4C[C@H]34)[C@H]2C1=O. The normalized spacial score (nSPS) is 31.8. The number of nitrogens with one attached hydrogen (secondary N) is 1. The number of allylic oxidation sites excluding steroid dienone is 2. The number of carbonyl (C=O) groups excluding carboxylic acids is 3. The number of hydrogen-bond donors (Lipinski definition) is 1. The molecule has 2 aromatic carbocycles. The van der Waals surface area contributed by atoms with Crippen molar-refractivity contribution in [3.63, 3.8) is 0 Å². The molecule has 1 heterocycles. The fourth-order valence-corrected chi connectivity index (χ4v) is 6.59. The summed E-state index contributed by atoms with van der Waals surface area (Å²) in [6.45, 7) is 2.04. The van der Waals surface area contributed by atoms with Crippen LogP contribution >= 0.6 is 0 Å². The van der Waals surface area contributed by atoms with Gasteiger partial charge in [-0.3, -0.25) is 19.3 Å². The summed E-state index contributed by atoms with van der Waals surface area (Å²) < 4.78 is 0. The van der Waals surface area contributed by atoms with Gasteiger partial charge < -0.3 is 5.32 Å². The van der Waals surface area contributed by atoms with Gasteiger partial charge in [0, 0.05) is 12.1 Å². The Labute approximate surface area is 193 Å². The zero-order valence-corrected chi connectivity index (χ0v) is 18.7.